The zero-order valence-corrected chi connectivity index (χ0v) is 20.0. The van der Waals surface area contributed by atoms with Crippen LogP contribution in [0.4, 0.5) is 0 Å². The van der Waals surface area contributed by atoms with Gasteiger partial charge in [0, 0.05) is 22.3 Å². The van der Waals surface area contributed by atoms with Gasteiger partial charge in [-0.3, -0.25) is 4.79 Å². The van der Waals surface area contributed by atoms with Gasteiger partial charge in [0.2, 0.25) is 0 Å². The fourth-order valence-electron chi connectivity index (χ4n) is 4.11. The predicted molar refractivity (Wildman–Crippen MR) is 126 cm³/mol. The molecule has 0 aliphatic rings. The van der Waals surface area contributed by atoms with Gasteiger partial charge in [0.15, 0.2) is 16.7 Å². The summed E-state index contributed by atoms with van der Waals surface area (Å²) in [5.41, 5.74) is 3.26. The molecule has 6 heteroatoms. The van der Waals surface area contributed by atoms with Crippen molar-refractivity contribution in [2.75, 3.05) is 14.2 Å². The van der Waals surface area contributed by atoms with Gasteiger partial charge in [-0.2, -0.15) is 0 Å². The summed E-state index contributed by atoms with van der Waals surface area (Å²) in [7, 11) is 0.460. The molecule has 3 aromatic carbocycles. The lowest BCUT2D eigenvalue weighted by Crippen LogP contribution is -2.15. The summed E-state index contributed by atoms with van der Waals surface area (Å²) in [6.45, 7) is 7.25. The topological polar surface area (TPSA) is 69.7 Å². The number of carbonyl (C=O) groups excluding carboxylic acids is 2. The molecule has 1 atom stereocenters. The zero-order chi connectivity index (χ0) is 23.6. The van der Waals surface area contributed by atoms with Crippen molar-refractivity contribution in [3.63, 3.8) is 0 Å². The first-order valence-corrected chi connectivity index (χ1v) is 11.4. The Morgan fingerprint density at radius 3 is 1.66 bits per heavy atom. The minimum absolute atomic E-state index is 0.0908. The van der Waals surface area contributed by atoms with E-state index in [1.165, 1.54) is 14.2 Å². The molecular formula is C26H26O5P+. The van der Waals surface area contributed by atoms with Crippen LogP contribution in [-0.2, 0) is 4.57 Å². The van der Waals surface area contributed by atoms with Gasteiger partial charge < -0.3 is 9.47 Å². The van der Waals surface area contributed by atoms with Crippen molar-refractivity contribution < 1.29 is 23.6 Å². The molecule has 0 spiro atoms. The number of benzene rings is 3. The van der Waals surface area contributed by atoms with Gasteiger partial charge in [-0.25, -0.2) is 4.79 Å². The molecular weight excluding hydrogens is 423 g/mol. The van der Waals surface area contributed by atoms with Gasteiger partial charge in [-0.15, -0.1) is 0 Å². The Hall–Kier alpha value is -3.30. The van der Waals surface area contributed by atoms with Gasteiger partial charge in [0.25, 0.3) is 0 Å². The minimum Gasteiger partial charge on any atom is -0.495 e. The monoisotopic (exact) mass is 449 g/mol. The van der Waals surface area contributed by atoms with Crippen molar-refractivity contribution in [2.24, 2.45) is 0 Å². The molecule has 3 rings (SSSR count). The Labute approximate surface area is 189 Å². The highest BCUT2D eigenvalue weighted by Gasteiger charge is 2.40. The number of carbonyl (C=O) groups is 2. The van der Waals surface area contributed by atoms with E-state index in [1.807, 2.05) is 32.0 Å². The third-order valence-corrected chi connectivity index (χ3v) is 6.98. The average Bonchev–Trinajstić information content (AvgIpc) is 2.78. The number of rotatable bonds is 7. The molecule has 0 bridgehead atoms. The first kappa shape index (κ1) is 23.4. The van der Waals surface area contributed by atoms with Crippen LogP contribution in [0.15, 0.2) is 48.5 Å². The summed E-state index contributed by atoms with van der Waals surface area (Å²) in [4.78, 5) is 27.0. The van der Waals surface area contributed by atoms with Crippen LogP contribution < -0.4 is 14.8 Å². The van der Waals surface area contributed by atoms with E-state index in [9.17, 15) is 14.2 Å². The van der Waals surface area contributed by atoms with Crippen molar-refractivity contribution in [3.05, 3.63) is 87.5 Å². The second-order valence-corrected chi connectivity index (χ2v) is 9.11. The number of hydrogen-bond acceptors (Lipinski definition) is 5. The van der Waals surface area contributed by atoms with E-state index in [4.69, 9.17) is 9.47 Å². The number of methoxy groups -OCH3 is 2. The van der Waals surface area contributed by atoms with E-state index in [2.05, 4.69) is 0 Å². The van der Waals surface area contributed by atoms with E-state index in [0.29, 0.717) is 27.6 Å². The molecule has 0 radical (unpaired) electrons. The second kappa shape index (κ2) is 9.46. The molecule has 3 aromatic rings. The van der Waals surface area contributed by atoms with E-state index >= 15 is 0 Å². The fraction of sp³-hybridized carbons (Fsp3) is 0.231. The normalized spacial score (nSPS) is 11.1. The third-order valence-electron chi connectivity index (χ3n) is 5.62. The van der Waals surface area contributed by atoms with Gasteiger partial charge in [-0.1, -0.05) is 41.0 Å². The third kappa shape index (κ3) is 3.96. The largest absolute Gasteiger partial charge is 0.495 e. The fourth-order valence-corrected chi connectivity index (χ4v) is 5.19. The van der Waals surface area contributed by atoms with Crippen LogP contribution in [0.25, 0.3) is 0 Å². The highest BCUT2D eigenvalue weighted by atomic mass is 31.1. The molecule has 1 unspecified atom stereocenters. The molecule has 5 nitrogen and oxygen atoms in total. The number of ketones is 1. The van der Waals surface area contributed by atoms with Crippen molar-refractivity contribution in [1.82, 2.24) is 0 Å². The van der Waals surface area contributed by atoms with Crippen molar-refractivity contribution in [3.8, 4) is 11.5 Å². The Bertz CT molecular complexity index is 1180. The van der Waals surface area contributed by atoms with E-state index in [-0.39, 0.29) is 22.8 Å². The van der Waals surface area contributed by atoms with Crippen molar-refractivity contribution >= 4 is 24.4 Å². The standard InChI is InChI=1S/C26H26O5P/c1-15-11-10-12-16(2)20(15)23(27)21-17(3)24(30-5)22(25(31-6)18(21)4)26(28)32(29)19-13-8-7-9-14-19/h7-14H,1-6H3/q+1. The van der Waals surface area contributed by atoms with Crippen molar-refractivity contribution in [1.29, 1.82) is 0 Å². The van der Waals surface area contributed by atoms with Crippen LogP contribution in [0.5, 0.6) is 11.5 Å². The van der Waals surface area contributed by atoms with Crippen LogP contribution in [0, 0.1) is 27.7 Å². The first-order valence-electron chi connectivity index (χ1n) is 10.2. The molecule has 164 valence electrons. The molecule has 0 aliphatic heterocycles. The minimum atomic E-state index is -2.39. The lowest BCUT2D eigenvalue weighted by atomic mass is 9.88. The molecule has 0 aromatic heterocycles. The van der Waals surface area contributed by atoms with E-state index in [0.717, 1.165) is 11.1 Å². The Morgan fingerprint density at radius 2 is 1.19 bits per heavy atom. The number of ether oxygens (including phenoxy) is 2. The number of hydrogen-bond donors (Lipinski definition) is 0. The molecule has 0 amide bonds. The van der Waals surface area contributed by atoms with E-state index in [1.54, 1.807) is 44.2 Å². The van der Waals surface area contributed by atoms with Crippen LogP contribution >= 0.6 is 7.80 Å². The summed E-state index contributed by atoms with van der Waals surface area (Å²) in [6.07, 6.45) is 0. The van der Waals surface area contributed by atoms with Crippen LogP contribution in [0.2, 0.25) is 0 Å². The van der Waals surface area contributed by atoms with Gasteiger partial charge in [-0.05, 0) is 51.0 Å². The Morgan fingerprint density at radius 1 is 0.688 bits per heavy atom. The maximum absolute atomic E-state index is 13.6. The quantitative estimate of drug-likeness (QED) is 0.354. The average molecular weight is 449 g/mol. The SMILES string of the molecule is COc1c(C)c(C(=O)c2c(C)cccc2C)c(C)c(OC)c1C(=O)[P+](=O)c1ccccc1. The maximum Gasteiger partial charge on any atom is 0.458 e. The molecule has 0 N–H and O–H groups in total. The highest BCUT2D eigenvalue weighted by Crippen LogP contribution is 2.44. The number of aryl methyl sites for hydroxylation is 2. The predicted octanol–water partition coefficient (Wildman–Crippen LogP) is 5.46. The molecule has 0 aliphatic carbocycles. The highest BCUT2D eigenvalue weighted by molar-refractivity contribution is 7.71. The lowest BCUT2D eigenvalue weighted by Gasteiger charge is -2.20. The van der Waals surface area contributed by atoms with Crippen molar-refractivity contribution in [2.45, 2.75) is 27.7 Å². The molecule has 0 fully saturated rings. The summed E-state index contributed by atoms with van der Waals surface area (Å²) in [6, 6.07) is 14.2. The van der Waals surface area contributed by atoms with Crippen LogP contribution in [-0.4, -0.2) is 25.5 Å². The molecule has 32 heavy (non-hydrogen) atoms. The van der Waals surface area contributed by atoms with E-state index < -0.39 is 13.3 Å². The van der Waals surface area contributed by atoms with Gasteiger partial charge >= 0.3 is 13.3 Å². The van der Waals surface area contributed by atoms with Gasteiger partial charge in [0.05, 0.1) is 14.2 Å². The molecule has 0 heterocycles. The summed E-state index contributed by atoms with van der Waals surface area (Å²) < 4.78 is 24.2. The maximum atomic E-state index is 13.6. The zero-order valence-electron chi connectivity index (χ0n) is 19.1. The Kier molecular flexibility index (Phi) is 6.90. The Balaban J connectivity index is 2.26. The molecule has 0 saturated heterocycles. The van der Waals surface area contributed by atoms with Crippen LogP contribution in [0.3, 0.4) is 0 Å². The van der Waals surface area contributed by atoms with Crippen LogP contribution in [0.1, 0.15) is 48.5 Å². The van der Waals surface area contributed by atoms with Gasteiger partial charge in [0.1, 0.15) is 11.5 Å². The second-order valence-electron chi connectivity index (χ2n) is 7.60. The summed E-state index contributed by atoms with van der Waals surface area (Å²) >= 11 is 0. The molecule has 0 saturated carbocycles. The first-order chi connectivity index (χ1) is 15.2. The summed E-state index contributed by atoms with van der Waals surface area (Å²) in [5.74, 6) is 0.233. The smallest absolute Gasteiger partial charge is 0.458 e. The summed E-state index contributed by atoms with van der Waals surface area (Å²) in [5, 5.41) is 0.419. The lowest BCUT2D eigenvalue weighted by molar-refractivity contribution is 0.103.